The van der Waals surface area contributed by atoms with Crippen LogP contribution >= 0.6 is 0 Å². The SMILES string of the molecule is O=C(CCN1C(=O)c2cccc([N+](=O)[O-])c2C1=O)NCC12CC3CC(CC(C3)C1)C2. The van der Waals surface area contributed by atoms with Gasteiger partial charge in [-0.25, -0.2) is 0 Å². The minimum atomic E-state index is -0.698. The smallest absolute Gasteiger partial charge is 0.282 e. The molecule has 0 saturated heterocycles. The van der Waals surface area contributed by atoms with Gasteiger partial charge in [-0.3, -0.25) is 29.4 Å². The summed E-state index contributed by atoms with van der Waals surface area (Å²) in [7, 11) is 0. The van der Waals surface area contributed by atoms with E-state index in [0.29, 0.717) is 6.54 Å². The minimum absolute atomic E-state index is 0.00559. The Kier molecular flexibility index (Phi) is 4.41. The molecule has 0 aromatic heterocycles. The van der Waals surface area contributed by atoms with Crippen LogP contribution < -0.4 is 5.32 Å². The Morgan fingerprint density at radius 2 is 1.73 bits per heavy atom. The molecule has 8 heteroatoms. The highest BCUT2D eigenvalue weighted by Gasteiger charge is 2.50. The zero-order valence-electron chi connectivity index (χ0n) is 16.8. The Morgan fingerprint density at radius 1 is 1.10 bits per heavy atom. The quantitative estimate of drug-likeness (QED) is 0.440. The van der Waals surface area contributed by atoms with Gasteiger partial charge in [0.2, 0.25) is 5.91 Å². The molecule has 3 amide bonds. The number of hydrogen-bond donors (Lipinski definition) is 1. The van der Waals surface area contributed by atoms with E-state index in [1.165, 1.54) is 56.7 Å². The monoisotopic (exact) mass is 411 g/mol. The molecule has 4 bridgehead atoms. The number of nitrogens with one attached hydrogen (secondary N) is 1. The molecule has 158 valence electrons. The lowest BCUT2D eigenvalue weighted by atomic mass is 9.49. The van der Waals surface area contributed by atoms with Crippen LogP contribution in [0, 0.1) is 33.3 Å². The van der Waals surface area contributed by atoms with Crippen molar-refractivity contribution < 1.29 is 19.3 Å². The molecule has 1 aromatic rings. The van der Waals surface area contributed by atoms with Crippen molar-refractivity contribution in [2.45, 2.75) is 44.9 Å². The number of hydrogen-bond acceptors (Lipinski definition) is 5. The predicted octanol–water partition coefficient (Wildman–Crippen LogP) is 2.91. The predicted molar refractivity (Wildman–Crippen MR) is 107 cm³/mol. The highest BCUT2D eigenvalue weighted by Crippen LogP contribution is 2.59. The first-order valence-electron chi connectivity index (χ1n) is 10.8. The summed E-state index contributed by atoms with van der Waals surface area (Å²) >= 11 is 0. The molecular weight excluding hydrogens is 386 g/mol. The number of imide groups is 1. The van der Waals surface area contributed by atoms with Gasteiger partial charge in [-0.05, 0) is 67.8 Å². The van der Waals surface area contributed by atoms with Crippen molar-refractivity contribution in [3.8, 4) is 0 Å². The molecule has 4 saturated carbocycles. The highest BCUT2D eigenvalue weighted by molar-refractivity contribution is 6.23. The fourth-order valence-electron chi connectivity index (χ4n) is 6.77. The van der Waals surface area contributed by atoms with E-state index in [-0.39, 0.29) is 41.1 Å². The number of carbonyl (C=O) groups is 3. The summed E-state index contributed by atoms with van der Waals surface area (Å²) in [4.78, 5) is 49.1. The molecule has 4 aliphatic carbocycles. The number of fused-ring (bicyclic) bond motifs is 1. The maximum absolute atomic E-state index is 12.6. The lowest BCUT2D eigenvalue weighted by molar-refractivity contribution is -0.385. The Labute approximate surface area is 174 Å². The van der Waals surface area contributed by atoms with Crippen molar-refractivity contribution in [3.63, 3.8) is 0 Å². The summed E-state index contributed by atoms with van der Waals surface area (Å²) in [5, 5.41) is 14.2. The molecule has 30 heavy (non-hydrogen) atoms. The van der Waals surface area contributed by atoms with E-state index in [4.69, 9.17) is 0 Å². The van der Waals surface area contributed by atoms with Gasteiger partial charge < -0.3 is 5.32 Å². The van der Waals surface area contributed by atoms with Crippen LogP contribution in [0.3, 0.4) is 0 Å². The van der Waals surface area contributed by atoms with Crippen LogP contribution in [0.1, 0.15) is 65.7 Å². The van der Waals surface area contributed by atoms with Crippen LogP contribution in [0.15, 0.2) is 18.2 Å². The lowest BCUT2D eigenvalue weighted by Gasteiger charge is -2.56. The topological polar surface area (TPSA) is 110 Å². The van der Waals surface area contributed by atoms with Crippen LogP contribution in [-0.2, 0) is 4.79 Å². The van der Waals surface area contributed by atoms with Gasteiger partial charge in [0.1, 0.15) is 5.56 Å². The van der Waals surface area contributed by atoms with Crippen LogP contribution in [0.5, 0.6) is 0 Å². The van der Waals surface area contributed by atoms with Gasteiger partial charge >= 0.3 is 0 Å². The molecule has 0 atom stereocenters. The van der Waals surface area contributed by atoms with Crippen LogP contribution in [0.25, 0.3) is 0 Å². The average molecular weight is 411 g/mol. The fourth-order valence-corrected chi connectivity index (χ4v) is 6.77. The van der Waals surface area contributed by atoms with Crippen molar-refractivity contribution in [1.82, 2.24) is 10.2 Å². The van der Waals surface area contributed by atoms with Crippen LogP contribution in [0.4, 0.5) is 5.69 Å². The first kappa shape index (κ1) is 19.2. The maximum Gasteiger partial charge on any atom is 0.282 e. The largest absolute Gasteiger partial charge is 0.355 e. The molecule has 5 aliphatic rings. The number of nitrogens with zero attached hydrogens (tertiary/aromatic N) is 2. The summed E-state index contributed by atoms with van der Waals surface area (Å²) in [6.07, 6.45) is 7.63. The van der Waals surface area contributed by atoms with E-state index in [9.17, 15) is 24.5 Å². The maximum atomic E-state index is 12.6. The third kappa shape index (κ3) is 3.09. The van der Waals surface area contributed by atoms with E-state index in [2.05, 4.69) is 5.32 Å². The fraction of sp³-hybridized carbons (Fsp3) is 0.591. The van der Waals surface area contributed by atoms with Gasteiger partial charge in [0.05, 0.1) is 10.5 Å². The van der Waals surface area contributed by atoms with Crippen molar-refractivity contribution in [3.05, 3.63) is 39.4 Å². The number of carbonyl (C=O) groups excluding carboxylic acids is 3. The molecule has 1 aliphatic heterocycles. The number of nitro groups is 1. The van der Waals surface area contributed by atoms with E-state index >= 15 is 0 Å². The number of amides is 3. The molecule has 0 spiro atoms. The molecule has 1 heterocycles. The zero-order chi connectivity index (χ0) is 21.0. The van der Waals surface area contributed by atoms with Gasteiger partial charge in [-0.2, -0.15) is 0 Å². The van der Waals surface area contributed by atoms with Gasteiger partial charge in [-0.15, -0.1) is 0 Å². The van der Waals surface area contributed by atoms with E-state index in [1.807, 2.05) is 0 Å². The summed E-state index contributed by atoms with van der Waals surface area (Å²) in [5.41, 5.74) is -0.301. The molecule has 1 aromatic carbocycles. The van der Waals surface area contributed by atoms with Crippen molar-refractivity contribution >= 4 is 23.4 Å². The van der Waals surface area contributed by atoms with Crippen LogP contribution in [0.2, 0.25) is 0 Å². The van der Waals surface area contributed by atoms with E-state index in [0.717, 1.165) is 22.7 Å². The number of nitro benzene ring substituents is 1. The third-order valence-electron chi connectivity index (χ3n) is 7.56. The van der Waals surface area contributed by atoms with E-state index < -0.39 is 16.7 Å². The Bertz CT molecular complexity index is 921. The average Bonchev–Trinajstić information content (AvgIpc) is 2.94. The normalized spacial score (nSPS) is 31.2. The lowest BCUT2D eigenvalue weighted by Crippen LogP contribution is -2.51. The van der Waals surface area contributed by atoms with Crippen LogP contribution in [-0.4, -0.2) is 40.6 Å². The second-order valence-corrected chi connectivity index (χ2v) is 9.66. The van der Waals surface area contributed by atoms with Gasteiger partial charge in [0.15, 0.2) is 0 Å². The van der Waals surface area contributed by atoms with E-state index in [1.54, 1.807) is 0 Å². The van der Waals surface area contributed by atoms with Crippen molar-refractivity contribution in [2.24, 2.45) is 23.2 Å². The summed E-state index contributed by atoms with van der Waals surface area (Å²) < 4.78 is 0. The summed E-state index contributed by atoms with van der Waals surface area (Å²) in [5.74, 6) is 0.965. The minimum Gasteiger partial charge on any atom is -0.355 e. The Hall–Kier alpha value is -2.77. The first-order valence-corrected chi connectivity index (χ1v) is 10.8. The Balaban J connectivity index is 1.19. The van der Waals surface area contributed by atoms with Gasteiger partial charge in [0, 0.05) is 25.6 Å². The zero-order valence-corrected chi connectivity index (χ0v) is 16.8. The first-order chi connectivity index (χ1) is 14.3. The molecule has 6 rings (SSSR count). The van der Waals surface area contributed by atoms with Crippen molar-refractivity contribution in [1.29, 1.82) is 0 Å². The number of rotatable bonds is 6. The third-order valence-corrected chi connectivity index (χ3v) is 7.56. The molecule has 8 nitrogen and oxygen atoms in total. The second-order valence-electron chi connectivity index (χ2n) is 9.66. The molecule has 4 fully saturated rings. The van der Waals surface area contributed by atoms with Gasteiger partial charge in [0.25, 0.3) is 17.5 Å². The second kappa shape index (κ2) is 6.89. The van der Waals surface area contributed by atoms with Gasteiger partial charge in [-0.1, -0.05) is 6.07 Å². The molecule has 0 unspecified atom stereocenters. The number of benzene rings is 1. The molecule has 0 radical (unpaired) electrons. The highest BCUT2D eigenvalue weighted by atomic mass is 16.6. The summed E-state index contributed by atoms with van der Waals surface area (Å²) in [6, 6.07) is 4.02. The van der Waals surface area contributed by atoms with Crippen molar-refractivity contribution in [2.75, 3.05) is 13.1 Å². The summed E-state index contributed by atoms with van der Waals surface area (Å²) in [6.45, 7) is 0.596. The Morgan fingerprint density at radius 3 is 2.33 bits per heavy atom. The molecular formula is C22H25N3O5. The standard InChI is InChI=1S/C22H25N3O5/c26-18(23-12-22-9-13-6-14(10-22)8-15(7-13)11-22)4-5-24-20(27)16-2-1-3-17(25(29)30)19(16)21(24)28/h1-3,13-15H,4-12H2,(H,23,26). The molecule has 1 N–H and O–H groups in total.